The Hall–Kier alpha value is -0.240. The average Bonchev–Trinajstić information content (AvgIpc) is 2.82. The monoisotopic (exact) mass is 365 g/mol. The van der Waals surface area contributed by atoms with Gasteiger partial charge in [0.05, 0.1) is 12.6 Å². The van der Waals surface area contributed by atoms with Crippen molar-refractivity contribution in [1.82, 2.24) is 15.5 Å². The van der Waals surface area contributed by atoms with Crippen LogP contribution in [0, 0.1) is 5.92 Å². The smallest absolute Gasteiger partial charge is 0.354 e. The molecule has 0 spiro atoms. The summed E-state index contributed by atoms with van der Waals surface area (Å²) in [5.41, 5.74) is 0. The standard InChI is InChI=1S/C13H22F3N3O.2ClH/c14-13(15,16)9-19-6-4-10(8-19)7-18-12(20)11-3-1-2-5-17-11;;/h10-11,17H,1-9H2,(H,18,20);2*1H. The molecule has 4 nitrogen and oxygen atoms in total. The number of rotatable bonds is 4. The van der Waals surface area contributed by atoms with Gasteiger partial charge in [0.25, 0.3) is 0 Å². The summed E-state index contributed by atoms with van der Waals surface area (Å²) in [6.07, 6.45) is -0.429. The van der Waals surface area contributed by atoms with Crippen molar-refractivity contribution in [2.75, 3.05) is 32.7 Å². The molecule has 2 saturated heterocycles. The van der Waals surface area contributed by atoms with Crippen LogP contribution in [0.15, 0.2) is 0 Å². The van der Waals surface area contributed by atoms with Gasteiger partial charge in [-0.1, -0.05) is 6.42 Å². The van der Waals surface area contributed by atoms with E-state index >= 15 is 0 Å². The first-order chi connectivity index (χ1) is 9.44. The molecule has 2 fully saturated rings. The Kier molecular flexibility index (Phi) is 9.69. The van der Waals surface area contributed by atoms with Crippen LogP contribution in [0.2, 0.25) is 0 Å². The molecular weight excluding hydrogens is 342 g/mol. The minimum atomic E-state index is -4.13. The number of carbonyl (C=O) groups is 1. The van der Waals surface area contributed by atoms with Gasteiger partial charge in [-0.3, -0.25) is 9.69 Å². The SMILES string of the molecule is Cl.Cl.O=C(NCC1CCN(CC(F)(F)F)C1)C1CCCCN1. The summed E-state index contributed by atoms with van der Waals surface area (Å²) in [7, 11) is 0. The van der Waals surface area contributed by atoms with Gasteiger partial charge in [-0.2, -0.15) is 13.2 Å². The van der Waals surface area contributed by atoms with Gasteiger partial charge in [0.2, 0.25) is 5.91 Å². The highest BCUT2D eigenvalue weighted by Gasteiger charge is 2.34. The van der Waals surface area contributed by atoms with Gasteiger partial charge in [0.15, 0.2) is 0 Å². The Balaban J connectivity index is 0.00000220. The summed E-state index contributed by atoms with van der Waals surface area (Å²) in [6, 6.07) is -0.128. The third-order valence-electron chi connectivity index (χ3n) is 3.96. The largest absolute Gasteiger partial charge is 0.401 e. The van der Waals surface area contributed by atoms with Gasteiger partial charge in [-0.15, -0.1) is 24.8 Å². The van der Waals surface area contributed by atoms with Gasteiger partial charge in [-0.25, -0.2) is 0 Å². The number of carbonyl (C=O) groups excluding carboxylic acids is 1. The maximum Gasteiger partial charge on any atom is 0.401 e. The van der Waals surface area contributed by atoms with Crippen LogP contribution in [0.1, 0.15) is 25.7 Å². The molecule has 132 valence electrons. The summed E-state index contributed by atoms with van der Waals surface area (Å²) >= 11 is 0. The normalized spacial score (nSPS) is 26.0. The number of nitrogens with zero attached hydrogens (tertiary/aromatic N) is 1. The quantitative estimate of drug-likeness (QED) is 0.800. The molecule has 2 aliphatic heterocycles. The number of alkyl halides is 3. The first-order valence-electron chi connectivity index (χ1n) is 7.24. The van der Waals surface area contributed by atoms with E-state index < -0.39 is 12.7 Å². The lowest BCUT2D eigenvalue weighted by Crippen LogP contribution is -2.47. The van der Waals surface area contributed by atoms with Crippen LogP contribution in [0.25, 0.3) is 0 Å². The van der Waals surface area contributed by atoms with Crippen molar-refractivity contribution >= 4 is 30.7 Å². The summed E-state index contributed by atoms with van der Waals surface area (Å²) in [4.78, 5) is 13.3. The first-order valence-corrected chi connectivity index (χ1v) is 7.24. The third kappa shape index (κ3) is 7.35. The molecule has 0 aliphatic carbocycles. The van der Waals surface area contributed by atoms with Crippen molar-refractivity contribution in [3.63, 3.8) is 0 Å². The summed E-state index contributed by atoms with van der Waals surface area (Å²) in [5.74, 6) is 0.115. The molecule has 2 atom stereocenters. The number of hydrogen-bond acceptors (Lipinski definition) is 3. The molecule has 2 heterocycles. The van der Waals surface area contributed by atoms with Crippen LogP contribution >= 0.6 is 24.8 Å². The third-order valence-corrected chi connectivity index (χ3v) is 3.96. The maximum atomic E-state index is 12.3. The van der Waals surface area contributed by atoms with Crippen molar-refractivity contribution in [1.29, 1.82) is 0 Å². The van der Waals surface area contributed by atoms with Gasteiger partial charge in [0, 0.05) is 13.1 Å². The minimum absolute atomic E-state index is 0. The second-order valence-electron chi connectivity index (χ2n) is 5.75. The zero-order chi connectivity index (χ0) is 14.6. The van der Waals surface area contributed by atoms with E-state index in [1.165, 1.54) is 4.90 Å². The molecule has 2 N–H and O–H groups in total. The molecule has 0 radical (unpaired) electrons. The lowest BCUT2D eigenvalue weighted by atomic mass is 10.0. The van der Waals surface area contributed by atoms with Crippen molar-refractivity contribution in [2.24, 2.45) is 5.92 Å². The molecule has 0 aromatic carbocycles. The van der Waals surface area contributed by atoms with Crippen LogP contribution in [0.3, 0.4) is 0 Å². The van der Waals surface area contributed by atoms with Gasteiger partial charge in [-0.05, 0) is 38.3 Å². The number of likely N-dealkylation sites (tertiary alicyclic amines) is 1. The van der Waals surface area contributed by atoms with Crippen molar-refractivity contribution in [3.8, 4) is 0 Å². The summed E-state index contributed by atoms with van der Waals surface area (Å²) < 4.78 is 36.8. The van der Waals surface area contributed by atoms with Gasteiger partial charge in [0.1, 0.15) is 0 Å². The molecule has 2 rings (SSSR count). The second kappa shape index (κ2) is 9.80. The van der Waals surface area contributed by atoms with E-state index in [0.29, 0.717) is 26.1 Å². The highest BCUT2D eigenvalue weighted by Crippen LogP contribution is 2.22. The van der Waals surface area contributed by atoms with Gasteiger partial charge < -0.3 is 10.6 Å². The molecule has 1 amide bonds. The Labute approximate surface area is 141 Å². The molecule has 2 unspecified atom stereocenters. The lowest BCUT2D eigenvalue weighted by Gasteiger charge is -2.23. The maximum absolute atomic E-state index is 12.3. The second-order valence-corrected chi connectivity index (χ2v) is 5.75. The Morgan fingerprint density at radius 2 is 1.95 bits per heavy atom. The van der Waals surface area contributed by atoms with E-state index in [1.807, 2.05) is 0 Å². The molecular formula is C13H24Cl2F3N3O. The van der Waals surface area contributed by atoms with E-state index in [1.54, 1.807) is 0 Å². The molecule has 0 aromatic rings. The summed E-state index contributed by atoms with van der Waals surface area (Å²) in [6.45, 7) is 1.37. The Morgan fingerprint density at radius 1 is 1.23 bits per heavy atom. The molecule has 0 saturated carbocycles. The zero-order valence-electron chi connectivity index (χ0n) is 12.3. The van der Waals surface area contributed by atoms with Crippen LogP contribution in [0.4, 0.5) is 13.2 Å². The fraction of sp³-hybridized carbons (Fsp3) is 0.923. The van der Waals surface area contributed by atoms with Crippen molar-refractivity contribution in [2.45, 2.75) is 37.9 Å². The zero-order valence-corrected chi connectivity index (χ0v) is 14.0. The number of hydrogen-bond donors (Lipinski definition) is 2. The van der Waals surface area contributed by atoms with Crippen molar-refractivity contribution < 1.29 is 18.0 Å². The molecule has 0 aromatic heterocycles. The predicted molar refractivity (Wildman–Crippen MR) is 83.7 cm³/mol. The first kappa shape index (κ1) is 21.8. The van der Waals surface area contributed by atoms with E-state index in [-0.39, 0.29) is 42.7 Å². The lowest BCUT2D eigenvalue weighted by molar-refractivity contribution is -0.143. The van der Waals surface area contributed by atoms with Crippen LogP contribution in [0.5, 0.6) is 0 Å². The Morgan fingerprint density at radius 3 is 2.55 bits per heavy atom. The highest BCUT2D eigenvalue weighted by atomic mass is 35.5. The topological polar surface area (TPSA) is 44.4 Å². The van der Waals surface area contributed by atoms with Crippen molar-refractivity contribution in [3.05, 3.63) is 0 Å². The Bertz CT molecular complexity index is 339. The fourth-order valence-electron chi connectivity index (χ4n) is 2.92. The van der Waals surface area contributed by atoms with E-state index in [9.17, 15) is 18.0 Å². The number of piperidine rings is 1. The van der Waals surface area contributed by atoms with Gasteiger partial charge >= 0.3 is 6.18 Å². The molecule has 22 heavy (non-hydrogen) atoms. The van der Waals surface area contributed by atoms with Crippen LogP contribution in [-0.4, -0.2) is 55.7 Å². The number of nitrogens with one attached hydrogen (secondary N) is 2. The predicted octanol–water partition coefficient (Wildman–Crippen LogP) is 1.97. The highest BCUT2D eigenvalue weighted by molar-refractivity contribution is 5.85. The van der Waals surface area contributed by atoms with E-state index in [2.05, 4.69) is 10.6 Å². The molecule has 9 heteroatoms. The average molecular weight is 366 g/mol. The van der Waals surface area contributed by atoms with E-state index in [4.69, 9.17) is 0 Å². The number of amides is 1. The van der Waals surface area contributed by atoms with E-state index in [0.717, 1.165) is 25.8 Å². The van der Waals surface area contributed by atoms with Crippen LogP contribution in [-0.2, 0) is 4.79 Å². The summed E-state index contributed by atoms with van der Waals surface area (Å²) in [5, 5.41) is 6.03. The van der Waals surface area contributed by atoms with Crippen LogP contribution < -0.4 is 10.6 Å². The minimum Gasteiger partial charge on any atom is -0.354 e. The molecule has 0 bridgehead atoms. The molecule has 2 aliphatic rings. The fourth-order valence-corrected chi connectivity index (χ4v) is 2.92. The number of halogens is 5.